The van der Waals surface area contributed by atoms with Gasteiger partial charge in [0.05, 0.1) is 0 Å². The van der Waals surface area contributed by atoms with E-state index in [1.54, 1.807) is 45.0 Å². The number of benzene rings is 1. The van der Waals surface area contributed by atoms with E-state index in [0.717, 1.165) is 5.56 Å². The van der Waals surface area contributed by atoms with E-state index in [1.807, 2.05) is 0 Å². The van der Waals surface area contributed by atoms with E-state index in [4.69, 9.17) is 4.74 Å². The standard InChI is InChI=1S/C17H25NO5/c1-11(19)9-12-5-7-13(8-6-12)15(21)14(20)10-18-16(22)23-17(2,3)4/h5-8,14-15,20-21H,9-10H2,1-4H3,(H,18,22). The lowest BCUT2D eigenvalue weighted by Gasteiger charge is -2.22. The van der Waals surface area contributed by atoms with Gasteiger partial charge in [-0.05, 0) is 38.8 Å². The molecule has 2 unspecified atom stereocenters. The number of alkyl carbamates (subject to hydrolysis) is 1. The van der Waals surface area contributed by atoms with Crippen LogP contribution in [0.15, 0.2) is 24.3 Å². The third kappa shape index (κ3) is 7.25. The van der Waals surface area contributed by atoms with Crippen LogP contribution in [0, 0.1) is 0 Å². The van der Waals surface area contributed by atoms with E-state index in [2.05, 4.69) is 5.32 Å². The van der Waals surface area contributed by atoms with Crippen molar-refractivity contribution in [3.8, 4) is 0 Å². The molecule has 0 aliphatic carbocycles. The Kier molecular flexibility index (Phi) is 6.72. The number of aliphatic hydroxyl groups is 2. The van der Waals surface area contributed by atoms with Gasteiger partial charge in [0.15, 0.2) is 0 Å². The monoisotopic (exact) mass is 323 g/mol. The molecule has 6 nitrogen and oxygen atoms in total. The number of amides is 1. The summed E-state index contributed by atoms with van der Waals surface area (Å²) in [5.41, 5.74) is 0.728. The van der Waals surface area contributed by atoms with Gasteiger partial charge in [-0.3, -0.25) is 4.79 Å². The van der Waals surface area contributed by atoms with Gasteiger partial charge in [-0.1, -0.05) is 24.3 Å². The number of hydrogen-bond acceptors (Lipinski definition) is 5. The van der Waals surface area contributed by atoms with Crippen LogP contribution in [0.1, 0.15) is 44.9 Å². The molecule has 0 aliphatic heterocycles. The third-order valence-electron chi connectivity index (χ3n) is 2.99. The average Bonchev–Trinajstić information content (AvgIpc) is 2.42. The predicted molar refractivity (Wildman–Crippen MR) is 86.0 cm³/mol. The Labute approximate surface area is 136 Å². The summed E-state index contributed by atoms with van der Waals surface area (Å²) in [6.45, 7) is 6.58. The molecular formula is C17H25NO5. The van der Waals surface area contributed by atoms with Gasteiger partial charge in [-0.2, -0.15) is 0 Å². The Balaban J connectivity index is 2.54. The highest BCUT2D eigenvalue weighted by Gasteiger charge is 2.21. The zero-order chi connectivity index (χ0) is 17.6. The van der Waals surface area contributed by atoms with E-state index in [9.17, 15) is 19.8 Å². The minimum Gasteiger partial charge on any atom is -0.444 e. The van der Waals surface area contributed by atoms with Crippen LogP contribution >= 0.6 is 0 Å². The van der Waals surface area contributed by atoms with E-state index < -0.39 is 23.9 Å². The SMILES string of the molecule is CC(=O)Cc1ccc(C(O)C(O)CNC(=O)OC(C)(C)C)cc1. The second-order valence-corrected chi connectivity index (χ2v) is 6.52. The summed E-state index contributed by atoms with van der Waals surface area (Å²) < 4.78 is 5.05. The molecule has 0 aliphatic rings. The van der Waals surface area contributed by atoms with Crippen LogP contribution in [0.3, 0.4) is 0 Å². The van der Waals surface area contributed by atoms with Gasteiger partial charge in [0.25, 0.3) is 0 Å². The number of nitrogens with one attached hydrogen (secondary N) is 1. The zero-order valence-corrected chi connectivity index (χ0v) is 14.0. The van der Waals surface area contributed by atoms with Crippen LogP contribution in [0.5, 0.6) is 0 Å². The topological polar surface area (TPSA) is 95.9 Å². The smallest absolute Gasteiger partial charge is 0.407 e. The van der Waals surface area contributed by atoms with Crippen LogP contribution < -0.4 is 5.32 Å². The minimum absolute atomic E-state index is 0.0555. The number of ketones is 1. The first kappa shape index (κ1) is 19.1. The van der Waals surface area contributed by atoms with Crippen molar-refractivity contribution in [2.24, 2.45) is 0 Å². The first-order valence-corrected chi connectivity index (χ1v) is 7.50. The van der Waals surface area contributed by atoms with Gasteiger partial charge >= 0.3 is 6.09 Å². The number of rotatable bonds is 6. The summed E-state index contributed by atoms with van der Waals surface area (Å²) in [6.07, 6.45) is -2.63. The van der Waals surface area contributed by atoms with E-state index in [-0.39, 0.29) is 12.3 Å². The maximum Gasteiger partial charge on any atom is 0.407 e. The number of aliphatic hydroxyl groups excluding tert-OH is 2. The molecule has 0 spiro atoms. The Bertz CT molecular complexity index is 533. The fraction of sp³-hybridized carbons (Fsp3) is 0.529. The normalized spacial score (nSPS) is 14.0. The summed E-state index contributed by atoms with van der Waals surface area (Å²) in [5.74, 6) is 0.0555. The van der Waals surface area contributed by atoms with Crippen LogP contribution in [0.2, 0.25) is 0 Å². The molecule has 6 heteroatoms. The Morgan fingerprint density at radius 1 is 1.17 bits per heavy atom. The fourth-order valence-corrected chi connectivity index (χ4v) is 1.96. The van der Waals surface area contributed by atoms with Crippen molar-refractivity contribution >= 4 is 11.9 Å². The van der Waals surface area contributed by atoms with Crippen molar-refractivity contribution in [2.45, 2.75) is 51.9 Å². The molecule has 1 aromatic carbocycles. The summed E-state index contributed by atoms with van der Waals surface area (Å²) in [7, 11) is 0. The van der Waals surface area contributed by atoms with Crippen LogP contribution in [-0.2, 0) is 16.0 Å². The molecule has 23 heavy (non-hydrogen) atoms. The van der Waals surface area contributed by atoms with Crippen molar-refractivity contribution in [2.75, 3.05) is 6.54 Å². The van der Waals surface area contributed by atoms with Gasteiger partial charge in [0.2, 0.25) is 0 Å². The highest BCUT2D eigenvalue weighted by molar-refractivity contribution is 5.78. The first-order valence-electron chi connectivity index (χ1n) is 7.50. The Morgan fingerprint density at radius 3 is 2.22 bits per heavy atom. The number of Topliss-reactive ketones (excluding diaryl/α,β-unsaturated/α-hetero) is 1. The van der Waals surface area contributed by atoms with Gasteiger partial charge in [-0.15, -0.1) is 0 Å². The van der Waals surface area contributed by atoms with Gasteiger partial charge in [-0.25, -0.2) is 4.79 Å². The van der Waals surface area contributed by atoms with Crippen molar-refractivity contribution in [3.63, 3.8) is 0 Å². The van der Waals surface area contributed by atoms with E-state index >= 15 is 0 Å². The molecular weight excluding hydrogens is 298 g/mol. The van der Waals surface area contributed by atoms with Crippen molar-refractivity contribution in [3.05, 3.63) is 35.4 Å². The largest absolute Gasteiger partial charge is 0.444 e. The number of carbonyl (C=O) groups is 2. The number of carbonyl (C=O) groups excluding carboxylic acids is 2. The lowest BCUT2D eigenvalue weighted by Crippen LogP contribution is -2.38. The summed E-state index contributed by atoms with van der Waals surface area (Å²) in [4.78, 5) is 22.6. The average molecular weight is 323 g/mol. The van der Waals surface area contributed by atoms with Crippen molar-refractivity contribution in [1.82, 2.24) is 5.32 Å². The first-order chi connectivity index (χ1) is 10.6. The third-order valence-corrected chi connectivity index (χ3v) is 2.99. The maximum absolute atomic E-state index is 11.5. The van der Waals surface area contributed by atoms with E-state index in [0.29, 0.717) is 12.0 Å². The molecule has 1 amide bonds. The van der Waals surface area contributed by atoms with Crippen molar-refractivity contribution < 1.29 is 24.5 Å². The van der Waals surface area contributed by atoms with Crippen LogP contribution in [0.25, 0.3) is 0 Å². The molecule has 1 rings (SSSR count). The lowest BCUT2D eigenvalue weighted by molar-refractivity contribution is -0.116. The molecule has 128 valence electrons. The van der Waals surface area contributed by atoms with Gasteiger partial charge < -0.3 is 20.3 Å². The summed E-state index contributed by atoms with van der Waals surface area (Å²) >= 11 is 0. The molecule has 0 saturated carbocycles. The van der Waals surface area contributed by atoms with Gasteiger partial charge in [0.1, 0.15) is 23.6 Å². The summed E-state index contributed by atoms with van der Waals surface area (Å²) in [6, 6.07) is 6.77. The summed E-state index contributed by atoms with van der Waals surface area (Å²) in [5, 5.41) is 22.5. The molecule has 1 aromatic rings. The number of hydrogen-bond donors (Lipinski definition) is 3. The quantitative estimate of drug-likeness (QED) is 0.741. The van der Waals surface area contributed by atoms with E-state index in [1.165, 1.54) is 6.92 Å². The van der Waals surface area contributed by atoms with Crippen molar-refractivity contribution in [1.29, 1.82) is 0 Å². The predicted octanol–water partition coefficient (Wildman–Crippen LogP) is 1.74. The Morgan fingerprint density at radius 2 is 1.74 bits per heavy atom. The zero-order valence-electron chi connectivity index (χ0n) is 14.0. The molecule has 3 N–H and O–H groups in total. The minimum atomic E-state index is -1.17. The Hall–Kier alpha value is -1.92. The highest BCUT2D eigenvalue weighted by Crippen LogP contribution is 2.18. The molecule has 0 bridgehead atoms. The maximum atomic E-state index is 11.5. The molecule has 0 saturated heterocycles. The second kappa shape index (κ2) is 8.08. The van der Waals surface area contributed by atoms with Crippen LogP contribution in [-0.4, -0.2) is 40.3 Å². The van der Waals surface area contributed by atoms with Crippen LogP contribution in [0.4, 0.5) is 4.79 Å². The molecule has 2 atom stereocenters. The second-order valence-electron chi connectivity index (χ2n) is 6.52. The molecule has 0 aromatic heterocycles. The molecule has 0 radical (unpaired) electrons. The number of ether oxygens (including phenoxy) is 1. The lowest BCUT2D eigenvalue weighted by atomic mass is 10.0. The fourth-order valence-electron chi connectivity index (χ4n) is 1.96. The molecule has 0 heterocycles. The molecule has 0 fully saturated rings. The highest BCUT2D eigenvalue weighted by atomic mass is 16.6. The van der Waals surface area contributed by atoms with Gasteiger partial charge in [0, 0.05) is 13.0 Å².